The number of carboxylic acids is 1. The van der Waals surface area contributed by atoms with E-state index in [0.717, 1.165) is 19.2 Å². The molecular formula is C13H17N3O5. The van der Waals surface area contributed by atoms with Crippen molar-refractivity contribution in [1.82, 2.24) is 0 Å². The molecule has 0 bridgehead atoms. The number of nitro benzene ring substituents is 1. The molecule has 8 nitrogen and oxygen atoms in total. The van der Waals surface area contributed by atoms with Crippen LogP contribution in [0.3, 0.4) is 0 Å². The van der Waals surface area contributed by atoms with Crippen molar-refractivity contribution in [2.24, 2.45) is 0 Å². The average molecular weight is 295 g/mol. The zero-order valence-corrected chi connectivity index (χ0v) is 11.4. The summed E-state index contributed by atoms with van der Waals surface area (Å²) in [6, 6.07) is 3.80. The number of carboxylic acid groups (broad SMARTS) is 1. The molecule has 0 aromatic heterocycles. The molecule has 0 unspecified atom stereocenters. The minimum Gasteiger partial charge on any atom is -0.545 e. The van der Waals surface area contributed by atoms with Crippen LogP contribution in [0.25, 0.3) is 0 Å². The highest BCUT2D eigenvalue weighted by molar-refractivity contribution is 5.94. The molecule has 8 heteroatoms. The van der Waals surface area contributed by atoms with E-state index in [4.69, 9.17) is 5.11 Å². The topological polar surface area (TPSA) is 111 Å². The van der Waals surface area contributed by atoms with Gasteiger partial charge in [-0.15, -0.1) is 0 Å². The Balaban J connectivity index is 2.20. The van der Waals surface area contributed by atoms with E-state index in [1.54, 1.807) is 0 Å². The third-order valence-corrected chi connectivity index (χ3v) is 3.69. The van der Waals surface area contributed by atoms with Crippen molar-refractivity contribution in [1.29, 1.82) is 0 Å². The quantitative estimate of drug-likeness (QED) is 0.465. The summed E-state index contributed by atoms with van der Waals surface area (Å²) >= 11 is 0. The summed E-state index contributed by atoms with van der Waals surface area (Å²) in [4.78, 5) is 24.5. The van der Waals surface area contributed by atoms with Gasteiger partial charge in [-0.2, -0.15) is 0 Å². The number of hydrogen-bond acceptors (Lipinski definition) is 6. The molecule has 1 aromatic carbocycles. The first kappa shape index (κ1) is 15.2. The van der Waals surface area contributed by atoms with E-state index in [9.17, 15) is 20.0 Å². The van der Waals surface area contributed by atoms with Gasteiger partial charge in [-0.25, -0.2) is 0 Å². The number of rotatable bonds is 5. The SMILES string of the molecule is O=C([O-])c1cc([N+](=O)[O-])ccc1N1CC[NH+](CCO)CC1. The number of aliphatic hydroxyl groups excluding tert-OH is 1. The largest absolute Gasteiger partial charge is 0.545 e. The first-order valence-corrected chi connectivity index (χ1v) is 6.72. The monoisotopic (exact) mass is 295 g/mol. The van der Waals surface area contributed by atoms with Gasteiger partial charge >= 0.3 is 0 Å². The lowest BCUT2D eigenvalue weighted by Gasteiger charge is -2.34. The number of nitro groups is 1. The van der Waals surface area contributed by atoms with Gasteiger partial charge in [-0.1, -0.05) is 0 Å². The number of aliphatic hydroxyl groups is 1. The van der Waals surface area contributed by atoms with Crippen LogP contribution in [0.2, 0.25) is 0 Å². The van der Waals surface area contributed by atoms with Crippen molar-refractivity contribution in [3.8, 4) is 0 Å². The number of nitrogens with one attached hydrogen (secondary N) is 1. The Bertz CT molecular complexity index is 541. The van der Waals surface area contributed by atoms with Crippen molar-refractivity contribution in [2.45, 2.75) is 0 Å². The Kier molecular flexibility index (Phi) is 4.71. The number of anilines is 1. The average Bonchev–Trinajstić information content (AvgIpc) is 2.47. The molecule has 0 saturated carbocycles. The van der Waals surface area contributed by atoms with Crippen LogP contribution in [0.5, 0.6) is 0 Å². The van der Waals surface area contributed by atoms with Gasteiger partial charge in [0.15, 0.2) is 0 Å². The molecule has 1 aliphatic heterocycles. The molecule has 0 radical (unpaired) electrons. The smallest absolute Gasteiger partial charge is 0.270 e. The van der Waals surface area contributed by atoms with Crippen LogP contribution >= 0.6 is 0 Å². The molecule has 2 N–H and O–H groups in total. The van der Waals surface area contributed by atoms with Crippen molar-refractivity contribution < 1.29 is 24.8 Å². The van der Waals surface area contributed by atoms with E-state index in [0.29, 0.717) is 25.3 Å². The molecule has 1 aliphatic rings. The second-order valence-corrected chi connectivity index (χ2v) is 4.96. The predicted octanol–water partition coefficient (Wildman–Crippen LogP) is -2.34. The number of aromatic carboxylic acids is 1. The number of nitrogens with zero attached hydrogens (tertiary/aromatic N) is 2. The Morgan fingerprint density at radius 3 is 2.57 bits per heavy atom. The number of carbonyl (C=O) groups excluding carboxylic acids is 1. The van der Waals surface area contributed by atoms with Crippen LogP contribution in [0.4, 0.5) is 11.4 Å². The molecule has 114 valence electrons. The maximum absolute atomic E-state index is 11.2. The highest BCUT2D eigenvalue weighted by Crippen LogP contribution is 2.25. The summed E-state index contributed by atoms with van der Waals surface area (Å²) in [5.74, 6) is -1.42. The normalized spacial score (nSPS) is 16.0. The molecule has 1 saturated heterocycles. The van der Waals surface area contributed by atoms with E-state index in [1.807, 2.05) is 4.90 Å². The Hall–Kier alpha value is -2.19. The summed E-state index contributed by atoms with van der Waals surface area (Å²) in [6.45, 7) is 3.62. The van der Waals surface area contributed by atoms with Gasteiger partial charge in [0, 0.05) is 23.4 Å². The summed E-state index contributed by atoms with van der Waals surface area (Å²) in [7, 11) is 0. The van der Waals surface area contributed by atoms with Gasteiger partial charge in [0.25, 0.3) is 5.69 Å². The second kappa shape index (κ2) is 6.51. The van der Waals surface area contributed by atoms with Gasteiger partial charge in [0.2, 0.25) is 0 Å². The van der Waals surface area contributed by atoms with Gasteiger partial charge < -0.3 is 24.8 Å². The fraction of sp³-hybridized carbons (Fsp3) is 0.462. The zero-order chi connectivity index (χ0) is 15.4. The zero-order valence-electron chi connectivity index (χ0n) is 11.4. The maximum atomic E-state index is 11.2. The summed E-state index contributed by atoms with van der Waals surface area (Å²) in [5, 5.41) is 30.9. The second-order valence-electron chi connectivity index (χ2n) is 4.96. The molecule has 1 fully saturated rings. The lowest BCUT2D eigenvalue weighted by Crippen LogP contribution is -3.15. The molecule has 0 atom stereocenters. The fourth-order valence-electron chi connectivity index (χ4n) is 2.55. The molecule has 2 rings (SSSR count). The molecule has 0 aliphatic carbocycles. The van der Waals surface area contributed by atoms with Crippen LogP contribution in [-0.2, 0) is 0 Å². The third kappa shape index (κ3) is 3.47. The van der Waals surface area contributed by atoms with E-state index >= 15 is 0 Å². The molecule has 1 aromatic rings. The van der Waals surface area contributed by atoms with Crippen LogP contribution in [0, 0.1) is 10.1 Å². The minimum atomic E-state index is -1.42. The lowest BCUT2D eigenvalue weighted by atomic mass is 10.1. The maximum Gasteiger partial charge on any atom is 0.270 e. The Labute approximate surface area is 121 Å². The predicted molar refractivity (Wildman–Crippen MR) is 72.3 cm³/mol. The fourth-order valence-corrected chi connectivity index (χ4v) is 2.55. The van der Waals surface area contributed by atoms with Crippen molar-refractivity contribution in [3.63, 3.8) is 0 Å². The molecule has 21 heavy (non-hydrogen) atoms. The van der Waals surface area contributed by atoms with Crippen molar-refractivity contribution in [2.75, 3.05) is 44.2 Å². The van der Waals surface area contributed by atoms with E-state index in [-0.39, 0.29) is 17.9 Å². The molecule has 0 amide bonds. The lowest BCUT2D eigenvalue weighted by molar-refractivity contribution is -0.900. The van der Waals surface area contributed by atoms with Crippen molar-refractivity contribution in [3.05, 3.63) is 33.9 Å². The number of benzene rings is 1. The van der Waals surface area contributed by atoms with Crippen LogP contribution in [0.1, 0.15) is 10.4 Å². The van der Waals surface area contributed by atoms with Crippen LogP contribution in [-0.4, -0.2) is 55.3 Å². The van der Waals surface area contributed by atoms with Gasteiger partial charge in [-0.3, -0.25) is 10.1 Å². The number of quaternary nitrogens is 1. The van der Waals surface area contributed by atoms with Crippen LogP contribution in [0.15, 0.2) is 18.2 Å². The Morgan fingerprint density at radius 2 is 2.05 bits per heavy atom. The number of piperazine rings is 1. The molecular weight excluding hydrogens is 278 g/mol. The van der Waals surface area contributed by atoms with Gasteiger partial charge in [0.1, 0.15) is 6.54 Å². The van der Waals surface area contributed by atoms with E-state index in [1.165, 1.54) is 17.0 Å². The van der Waals surface area contributed by atoms with E-state index < -0.39 is 10.9 Å². The highest BCUT2D eigenvalue weighted by atomic mass is 16.6. The third-order valence-electron chi connectivity index (χ3n) is 3.69. The van der Waals surface area contributed by atoms with Gasteiger partial charge in [0.05, 0.1) is 43.7 Å². The molecule has 1 heterocycles. The summed E-state index contributed by atoms with van der Waals surface area (Å²) in [5.41, 5.74) is 0.0287. The number of non-ortho nitro benzene ring substituents is 1. The molecule has 0 spiro atoms. The van der Waals surface area contributed by atoms with Crippen molar-refractivity contribution >= 4 is 17.3 Å². The first-order valence-electron chi connectivity index (χ1n) is 6.72. The van der Waals surface area contributed by atoms with Crippen LogP contribution < -0.4 is 14.9 Å². The number of carbonyl (C=O) groups is 1. The standard InChI is InChI=1S/C13H17N3O5/c17-8-7-14-3-5-15(6-4-14)12-2-1-10(16(20)21)9-11(12)13(18)19/h1-2,9,17H,3-8H2,(H,18,19). The van der Waals surface area contributed by atoms with Gasteiger partial charge in [-0.05, 0) is 6.07 Å². The first-order chi connectivity index (χ1) is 10.0. The summed E-state index contributed by atoms with van der Waals surface area (Å²) in [6.07, 6.45) is 0. The highest BCUT2D eigenvalue weighted by Gasteiger charge is 2.23. The Morgan fingerprint density at radius 1 is 1.38 bits per heavy atom. The summed E-state index contributed by atoms with van der Waals surface area (Å²) < 4.78 is 0. The minimum absolute atomic E-state index is 0.122. The van der Waals surface area contributed by atoms with E-state index in [2.05, 4.69) is 0 Å². The number of hydrogen-bond donors (Lipinski definition) is 2.